The minimum absolute atomic E-state index is 0. The summed E-state index contributed by atoms with van der Waals surface area (Å²) < 4.78 is 26.4. The van der Waals surface area contributed by atoms with Crippen molar-refractivity contribution in [2.75, 3.05) is 0 Å². The number of hydrogen-bond donors (Lipinski definition) is 0. The van der Waals surface area contributed by atoms with Crippen molar-refractivity contribution in [3.63, 3.8) is 0 Å². The molecule has 4 nitrogen and oxygen atoms in total. The third-order valence-corrected chi connectivity index (χ3v) is 1.86. The van der Waals surface area contributed by atoms with Crippen molar-refractivity contribution in [1.82, 2.24) is 4.98 Å². The molecule has 0 aromatic carbocycles. The van der Waals surface area contributed by atoms with Gasteiger partial charge in [-0.2, -0.15) is 0 Å². The van der Waals surface area contributed by atoms with Crippen molar-refractivity contribution in [2.24, 2.45) is 0 Å². The molecule has 1 aromatic heterocycles. The Bertz CT molecular complexity index is 319. The first-order valence-corrected chi connectivity index (χ1v) is 4.88. The summed E-state index contributed by atoms with van der Waals surface area (Å²) in [5, 5.41) is 0. The fourth-order valence-electron chi connectivity index (χ4n) is 0.827. The average molecular weight is 223 g/mol. The van der Waals surface area contributed by atoms with Crippen LogP contribution in [0.25, 0.3) is 0 Å². The zero-order valence-electron chi connectivity index (χ0n) is 8.39. The van der Waals surface area contributed by atoms with E-state index in [0.29, 0.717) is 5.75 Å². The summed E-state index contributed by atoms with van der Waals surface area (Å²) in [4.78, 5) is 3.88. The van der Waals surface area contributed by atoms with Gasteiger partial charge < -0.3 is 9.29 Å². The zero-order valence-corrected chi connectivity index (χ0v) is 11.2. The molecule has 72 valence electrons. The van der Waals surface area contributed by atoms with E-state index in [1.54, 1.807) is 0 Å². The molecule has 0 aliphatic heterocycles. The summed E-state index contributed by atoms with van der Waals surface area (Å²) >= 11 is -2.25. The Labute approximate surface area is 108 Å². The molecular weight excluding hydrogens is 213 g/mol. The predicted molar refractivity (Wildman–Crippen MR) is 47.2 cm³/mol. The van der Waals surface area contributed by atoms with Crippen molar-refractivity contribution >= 4 is 11.1 Å². The molecule has 0 saturated carbocycles. The van der Waals surface area contributed by atoms with Crippen LogP contribution in [-0.2, 0) is 11.1 Å². The van der Waals surface area contributed by atoms with Crippen molar-refractivity contribution in [3.05, 3.63) is 18.5 Å². The van der Waals surface area contributed by atoms with E-state index in [2.05, 4.69) is 4.98 Å². The minimum Gasteiger partial charge on any atom is -0.768 e. The SMILES string of the molecule is CC(C)Oc1cncc(S(=O)[O-])c1.[Na+]. The van der Waals surface area contributed by atoms with Gasteiger partial charge in [0.05, 0.1) is 12.3 Å². The molecule has 0 spiro atoms. The molecule has 0 aliphatic carbocycles. The van der Waals surface area contributed by atoms with E-state index in [9.17, 15) is 8.76 Å². The molecule has 0 radical (unpaired) electrons. The van der Waals surface area contributed by atoms with Gasteiger partial charge in [-0.05, 0) is 31.0 Å². The van der Waals surface area contributed by atoms with Gasteiger partial charge in [0.25, 0.3) is 0 Å². The Morgan fingerprint density at radius 1 is 1.50 bits per heavy atom. The van der Waals surface area contributed by atoms with Gasteiger partial charge in [0, 0.05) is 11.1 Å². The van der Waals surface area contributed by atoms with Gasteiger partial charge in [-0.3, -0.25) is 9.19 Å². The van der Waals surface area contributed by atoms with E-state index < -0.39 is 11.1 Å². The van der Waals surface area contributed by atoms with Crippen LogP contribution in [0, 0.1) is 0 Å². The fourth-order valence-corrected chi connectivity index (χ4v) is 1.19. The van der Waals surface area contributed by atoms with Gasteiger partial charge in [-0.15, -0.1) is 0 Å². The molecule has 0 bridgehead atoms. The van der Waals surface area contributed by atoms with E-state index in [4.69, 9.17) is 4.74 Å². The van der Waals surface area contributed by atoms with Crippen LogP contribution >= 0.6 is 0 Å². The number of hydrogen-bond acceptors (Lipinski definition) is 4. The summed E-state index contributed by atoms with van der Waals surface area (Å²) in [7, 11) is 0. The van der Waals surface area contributed by atoms with Gasteiger partial charge in [-0.25, -0.2) is 0 Å². The first-order chi connectivity index (χ1) is 6.09. The van der Waals surface area contributed by atoms with Crippen LogP contribution in [-0.4, -0.2) is 19.8 Å². The fraction of sp³-hybridized carbons (Fsp3) is 0.375. The van der Waals surface area contributed by atoms with Crippen molar-refractivity contribution < 1.29 is 43.1 Å². The number of aromatic nitrogens is 1. The average Bonchev–Trinajstić information content (AvgIpc) is 2.03. The van der Waals surface area contributed by atoms with E-state index in [-0.39, 0.29) is 40.6 Å². The monoisotopic (exact) mass is 223 g/mol. The van der Waals surface area contributed by atoms with Crippen LogP contribution in [0.1, 0.15) is 13.8 Å². The number of ether oxygens (including phenoxy) is 1. The third kappa shape index (κ3) is 4.52. The third-order valence-electron chi connectivity index (χ3n) is 1.25. The second kappa shape index (κ2) is 6.53. The predicted octanol–water partition coefficient (Wildman–Crippen LogP) is -1.89. The number of pyridine rings is 1. The zero-order chi connectivity index (χ0) is 9.84. The minimum atomic E-state index is -2.25. The van der Waals surface area contributed by atoms with E-state index >= 15 is 0 Å². The molecule has 1 heterocycles. The van der Waals surface area contributed by atoms with Crippen LogP contribution in [0.5, 0.6) is 5.75 Å². The van der Waals surface area contributed by atoms with E-state index in [1.165, 1.54) is 18.5 Å². The quantitative estimate of drug-likeness (QED) is 0.444. The normalized spacial score (nSPS) is 12.0. The maximum Gasteiger partial charge on any atom is 1.00 e. The van der Waals surface area contributed by atoms with E-state index in [0.717, 1.165) is 0 Å². The van der Waals surface area contributed by atoms with Crippen LogP contribution in [0.4, 0.5) is 0 Å². The molecule has 0 N–H and O–H groups in total. The van der Waals surface area contributed by atoms with Crippen LogP contribution in [0.2, 0.25) is 0 Å². The number of rotatable bonds is 3. The van der Waals surface area contributed by atoms with Gasteiger partial charge in [0.15, 0.2) is 0 Å². The van der Waals surface area contributed by atoms with Crippen molar-refractivity contribution in [3.8, 4) is 5.75 Å². The summed E-state index contributed by atoms with van der Waals surface area (Å²) in [5.74, 6) is 0.469. The maximum atomic E-state index is 10.5. The van der Waals surface area contributed by atoms with Gasteiger partial charge in [0.1, 0.15) is 5.75 Å². The molecule has 1 atom stereocenters. The van der Waals surface area contributed by atoms with Crippen LogP contribution < -0.4 is 34.3 Å². The molecule has 0 aliphatic rings. The summed E-state index contributed by atoms with van der Waals surface area (Å²) in [5.41, 5.74) is 0. The molecule has 1 rings (SSSR count). The van der Waals surface area contributed by atoms with Crippen LogP contribution in [0.3, 0.4) is 0 Å². The first kappa shape index (κ1) is 14.1. The number of nitrogens with zero attached hydrogens (tertiary/aromatic N) is 1. The molecule has 1 unspecified atom stereocenters. The Kier molecular flexibility index (Phi) is 6.55. The van der Waals surface area contributed by atoms with Gasteiger partial charge in [0.2, 0.25) is 0 Å². The molecule has 0 amide bonds. The molecule has 0 saturated heterocycles. The van der Waals surface area contributed by atoms with Crippen molar-refractivity contribution in [1.29, 1.82) is 0 Å². The first-order valence-electron chi connectivity index (χ1n) is 3.80. The second-order valence-corrected chi connectivity index (χ2v) is 3.70. The Morgan fingerprint density at radius 2 is 2.14 bits per heavy atom. The largest absolute Gasteiger partial charge is 1.00 e. The molecule has 6 heteroatoms. The maximum absolute atomic E-state index is 10.5. The second-order valence-electron chi connectivity index (χ2n) is 2.76. The van der Waals surface area contributed by atoms with Gasteiger partial charge >= 0.3 is 29.6 Å². The Morgan fingerprint density at radius 3 is 2.64 bits per heavy atom. The Hall–Kier alpha value is 0.0600. The van der Waals surface area contributed by atoms with Crippen molar-refractivity contribution in [2.45, 2.75) is 24.8 Å². The van der Waals surface area contributed by atoms with E-state index in [1.807, 2.05) is 13.8 Å². The summed E-state index contributed by atoms with van der Waals surface area (Å²) in [6, 6.07) is 1.44. The Balaban J connectivity index is 0.00000169. The smallest absolute Gasteiger partial charge is 0.768 e. The molecule has 0 fully saturated rings. The summed E-state index contributed by atoms with van der Waals surface area (Å²) in [6.45, 7) is 3.72. The van der Waals surface area contributed by atoms with Crippen LogP contribution in [0.15, 0.2) is 23.4 Å². The molecule has 1 aromatic rings. The molecular formula is C8H10NNaO3S. The van der Waals surface area contributed by atoms with Gasteiger partial charge in [-0.1, -0.05) is 0 Å². The topological polar surface area (TPSA) is 62.2 Å². The molecule has 14 heavy (non-hydrogen) atoms. The standard InChI is InChI=1S/C8H11NO3S.Na/c1-6(2)12-7-3-8(13(10)11)5-9-4-7;/h3-6H,1-2H3,(H,10,11);/q;+1/p-1. The summed E-state index contributed by atoms with van der Waals surface area (Å²) in [6.07, 6.45) is 2.77.